The molecule has 5 nitrogen and oxygen atoms in total. The van der Waals surface area contributed by atoms with Gasteiger partial charge in [0, 0.05) is 40.9 Å². The van der Waals surface area contributed by atoms with Crippen LogP contribution in [-0.2, 0) is 11.8 Å². The van der Waals surface area contributed by atoms with E-state index in [4.69, 9.17) is 16.6 Å². The first-order valence-electron chi connectivity index (χ1n) is 11.2. The van der Waals surface area contributed by atoms with Crippen molar-refractivity contribution in [2.75, 3.05) is 18.5 Å². The highest BCUT2D eigenvalue weighted by atomic mass is 35.5. The maximum atomic E-state index is 13.1. The highest BCUT2D eigenvalue weighted by molar-refractivity contribution is 8.18. The number of aliphatic imine (C=N–C) groups is 1. The average molecular weight is 520 g/mol. The number of allylic oxidation sites excluding steroid dienone is 3. The number of rotatable bonds is 4. The molecule has 0 N–H and O–H groups in total. The molecular formula is C27H24ClN4OS2+. The van der Waals surface area contributed by atoms with Crippen LogP contribution in [0.4, 0.5) is 10.8 Å². The van der Waals surface area contributed by atoms with E-state index in [2.05, 4.69) is 34.6 Å². The summed E-state index contributed by atoms with van der Waals surface area (Å²) in [7, 11) is 4.03. The number of para-hydroxylation sites is 1. The van der Waals surface area contributed by atoms with Gasteiger partial charge in [-0.1, -0.05) is 47.2 Å². The number of hydrogen-bond acceptors (Lipinski definition) is 5. The lowest BCUT2D eigenvalue weighted by molar-refractivity contribution is -0.642. The molecule has 3 aromatic rings. The fourth-order valence-electron chi connectivity index (χ4n) is 4.01. The van der Waals surface area contributed by atoms with Gasteiger partial charge in [-0.2, -0.15) is 0 Å². The lowest BCUT2D eigenvalue weighted by atomic mass is 10.1. The first-order valence-corrected chi connectivity index (χ1v) is 13.3. The Morgan fingerprint density at radius 2 is 1.86 bits per heavy atom. The maximum absolute atomic E-state index is 13.1. The number of benzene rings is 2. The molecule has 2 aromatic carbocycles. The van der Waals surface area contributed by atoms with Crippen molar-refractivity contribution >= 4 is 62.7 Å². The van der Waals surface area contributed by atoms with Crippen molar-refractivity contribution < 1.29 is 9.36 Å². The maximum Gasteiger partial charge on any atom is 0.385 e. The number of halogens is 1. The molecule has 35 heavy (non-hydrogen) atoms. The Bertz CT molecular complexity index is 1420. The summed E-state index contributed by atoms with van der Waals surface area (Å²) in [6.45, 7) is 2.53. The molecule has 5 rings (SSSR count). The summed E-state index contributed by atoms with van der Waals surface area (Å²) in [4.78, 5) is 22.5. The second kappa shape index (κ2) is 9.85. The minimum Gasteiger partial charge on any atom is -0.344 e. The number of aromatic nitrogens is 1. The second-order valence-corrected chi connectivity index (χ2v) is 10.4. The SMILES string of the molecule is CCN1C(=O)/C(=C/C=C2/C=Cc3ccccc3N2C)S/C1=N\c1scc(-c2ccc(Cl)cc2)[n+]1C. The van der Waals surface area contributed by atoms with Crippen molar-refractivity contribution in [2.24, 2.45) is 12.0 Å². The van der Waals surface area contributed by atoms with Crippen molar-refractivity contribution in [3.8, 4) is 11.3 Å². The van der Waals surface area contributed by atoms with Gasteiger partial charge in [0.15, 0.2) is 0 Å². The largest absolute Gasteiger partial charge is 0.385 e. The number of thiazole rings is 1. The summed E-state index contributed by atoms with van der Waals surface area (Å²) in [6, 6.07) is 16.0. The van der Waals surface area contributed by atoms with E-state index in [1.807, 2.05) is 74.1 Å². The van der Waals surface area contributed by atoms with Crippen LogP contribution in [0.3, 0.4) is 0 Å². The molecule has 1 saturated heterocycles. The summed E-state index contributed by atoms with van der Waals surface area (Å²) < 4.78 is 2.04. The van der Waals surface area contributed by atoms with Gasteiger partial charge in [-0.05, 0) is 77.8 Å². The Kier molecular flexibility index (Phi) is 6.65. The number of amidine groups is 1. The van der Waals surface area contributed by atoms with Gasteiger partial charge in [-0.25, -0.2) is 4.57 Å². The molecule has 3 heterocycles. The lowest BCUT2D eigenvalue weighted by Gasteiger charge is -2.26. The van der Waals surface area contributed by atoms with Crippen molar-refractivity contribution in [2.45, 2.75) is 6.92 Å². The third kappa shape index (κ3) is 4.59. The van der Waals surface area contributed by atoms with E-state index in [1.165, 1.54) is 17.3 Å². The molecule has 2 aliphatic rings. The normalized spacial score (nSPS) is 18.9. The van der Waals surface area contributed by atoms with Gasteiger partial charge in [0.25, 0.3) is 11.1 Å². The summed E-state index contributed by atoms with van der Waals surface area (Å²) in [5.41, 5.74) is 5.47. The Morgan fingerprint density at radius 3 is 2.63 bits per heavy atom. The molecule has 1 fully saturated rings. The molecule has 0 bridgehead atoms. The Labute approximate surface area is 218 Å². The van der Waals surface area contributed by atoms with E-state index in [0.29, 0.717) is 21.6 Å². The van der Waals surface area contributed by atoms with Gasteiger partial charge in [-0.15, -0.1) is 0 Å². The molecule has 0 aliphatic carbocycles. The van der Waals surface area contributed by atoms with E-state index in [0.717, 1.165) is 27.8 Å². The van der Waals surface area contributed by atoms with E-state index in [9.17, 15) is 4.79 Å². The van der Waals surface area contributed by atoms with Crippen LogP contribution in [0.15, 0.2) is 87.7 Å². The number of hydrogen-bond donors (Lipinski definition) is 0. The zero-order valence-corrected chi connectivity index (χ0v) is 22.0. The van der Waals surface area contributed by atoms with Crippen LogP contribution >= 0.6 is 34.7 Å². The Hall–Kier alpha value is -3.13. The van der Waals surface area contributed by atoms with E-state index >= 15 is 0 Å². The van der Waals surface area contributed by atoms with Crippen molar-refractivity contribution in [1.82, 2.24) is 4.90 Å². The highest BCUT2D eigenvalue weighted by Gasteiger charge is 2.36. The van der Waals surface area contributed by atoms with Gasteiger partial charge in [-0.3, -0.25) is 9.69 Å². The number of likely N-dealkylation sites (N-methyl/N-ethyl adjacent to an activating group) is 2. The highest BCUT2D eigenvalue weighted by Crippen LogP contribution is 2.35. The van der Waals surface area contributed by atoms with E-state index in [-0.39, 0.29) is 5.91 Å². The summed E-state index contributed by atoms with van der Waals surface area (Å²) in [5.74, 6) is -0.0203. The van der Waals surface area contributed by atoms with E-state index < -0.39 is 0 Å². The van der Waals surface area contributed by atoms with Crippen molar-refractivity contribution in [1.29, 1.82) is 0 Å². The predicted molar refractivity (Wildman–Crippen MR) is 148 cm³/mol. The number of carbonyl (C=O) groups is 1. The molecular weight excluding hydrogens is 496 g/mol. The van der Waals surface area contributed by atoms with Crippen LogP contribution in [0.5, 0.6) is 0 Å². The third-order valence-corrected chi connectivity index (χ3v) is 8.18. The molecule has 176 valence electrons. The minimum absolute atomic E-state index is 0.0203. The number of amides is 1. The van der Waals surface area contributed by atoms with Crippen molar-refractivity contribution in [3.05, 3.63) is 93.3 Å². The topological polar surface area (TPSA) is 39.8 Å². The molecule has 0 unspecified atom stereocenters. The predicted octanol–water partition coefficient (Wildman–Crippen LogP) is 6.41. The molecule has 1 amide bonds. The number of carbonyl (C=O) groups excluding carboxylic acids is 1. The average Bonchev–Trinajstić information content (AvgIpc) is 3.38. The van der Waals surface area contributed by atoms with Gasteiger partial charge >= 0.3 is 5.13 Å². The van der Waals surface area contributed by atoms with Crippen molar-refractivity contribution in [3.63, 3.8) is 0 Å². The first-order chi connectivity index (χ1) is 17.0. The quantitative estimate of drug-likeness (QED) is 0.295. The van der Waals surface area contributed by atoms with E-state index in [1.54, 1.807) is 16.2 Å². The summed E-state index contributed by atoms with van der Waals surface area (Å²) in [6.07, 6.45) is 8.06. The first kappa shape index (κ1) is 23.6. The van der Waals surface area contributed by atoms with Crippen LogP contribution < -0.4 is 9.47 Å². The summed E-state index contributed by atoms with van der Waals surface area (Å²) in [5, 5.41) is 4.31. The van der Waals surface area contributed by atoms with Crippen LogP contribution in [0.25, 0.3) is 17.3 Å². The van der Waals surface area contributed by atoms with Crippen LogP contribution in [0.2, 0.25) is 5.02 Å². The van der Waals surface area contributed by atoms with Gasteiger partial charge in [0.2, 0.25) is 0 Å². The molecule has 0 atom stereocenters. The third-order valence-electron chi connectivity index (χ3n) is 5.98. The Balaban J connectivity index is 1.42. The summed E-state index contributed by atoms with van der Waals surface area (Å²) >= 11 is 9.00. The monoisotopic (exact) mass is 519 g/mol. The van der Waals surface area contributed by atoms with Crippen LogP contribution in [0, 0.1) is 0 Å². The number of anilines is 1. The Morgan fingerprint density at radius 1 is 1.09 bits per heavy atom. The van der Waals surface area contributed by atoms with Crippen LogP contribution in [0.1, 0.15) is 12.5 Å². The van der Waals surface area contributed by atoms with Gasteiger partial charge < -0.3 is 4.90 Å². The fraction of sp³-hybridized carbons (Fsp3) is 0.148. The van der Waals surface area contributed by atoms with Crippen LogP contribution in [-0.4, -0.2) is 29.6 Å². The molecule has 0 spiro atoms. The zero-order valence-electron chi connectivity index (χ0n) is 19.6. The van der Waals surface area contributed by atoms with Gasteiger partial charge in [0.05, 0.1) is 12.0 Å². The number of thioether (sulfide) groups is 1. The molecule has 2 aliphatic heterocycles. The molecule has 8 heteroatoms. The van der Waals surface area contributed by atoms with Gasteiger partial charge in [0.1, 0.15) is 5.69 Å². The smallest absolute Gasteiger partial charge is 0.344 e. The molecule has 0 saturated carbocycles. The minimum atomic E-state index is -0.0203. The lowest BCUT2D eigenvalue weighted by Crippen LogP contribution is -2.31. The number of fused-ring (bicyclic) bond motifs is 1. The second-order valence-electron chi connectivity index (χ2n) is 8.09. The molecule has 0 radical (unpaired) electrons. The molecule has 1 aromatic heterocycles. The fourth-order valence-corrected chi connectivity index (χ4v) is 6.08. The zero-order chi connectivity index (χ0) is 24.5. The standard InChI is InChI=1S/C27H24ClN4OS2/c1-4-32-25(33)24(16-15-21-14-11-18-7-5-6-8-22(18)30(21)2)35-27(32)29-26-31(3)23(17-34-26)19-9-12-20(28)13-10-19/h5-17H,4H2,1-3H3/q+1/b21-15-,24-16-. The number of nitrogens with zero attached hydrogens (tertiary/aromatic N) is 4.